The molecule has 3 rings (SSSR count). The van der Waals surface area contributed by atoms with Gasteiger partial charge in [0.15, 0.2) is 4.67 Å². The Morgan fingerprint density at radius 3 is 2.76 bits per heavy atom. The number of halogens is 1. The number of benzene rings is 1. The van der Waals surface area contributed by atoms with E-state index in [2.05, 4.69) is 57.4 Å². The molecule has 1 N–H and O–H groups in total. The van der Waals surface area contributed by atoms with Crippen LogP contribution in [0.1, 0.15) is 30.0 Å². The normalized spacial score (nSPS) is 12.7. The quantitative estimate of drug-likeness (QED) is 0.751. The van der Waals surface area contributed by atoms with Crippen molar-refractivity contribution in [3.05, 3.63) is 64.2 Å². The molecule has 108 valence electrons. The Labute approximate surface area is 132 Å². The Balaban J connectivity index is 2.04. The number of fused-ring (bicyclic) bond motifs is 1. The Bertz CT molecular complexity index is 766. The zero-order valence-corrected chi connectivity index (χ0v) is 13.6. The molecule has 1 unspecified atom stereocenters. The molecule has 0 aliphatic rings. The highest BCUT2D eigenvalue weighted by molar-refractivity contribution is 9.10. The summed E-state index contributed by atoms with van der Waals surface area (Å²) in [4.78, 5) is 4.55. The second-order valence-electron chi connectivity index (χ2n) is 5.04. The number of aryl methyl sites for hydroxylation is 1. The molecule has 2 aromatic heterocycles. The molecule has 3 nitrogen and oxygen atoms in total. The van der Waals surface area contributed by atoms with Crippen molar-refractivity contribution in [2.45, 2.75) is 19.9 Å². The van der Waals surface area contributed by atoms with E-state index in [9.17, 15) is 0 Å². The SMILES string of the molecule is CCNC(c1ccc2nc(C)ccc2c1)c1ccc(Br)o1. The van der Waals surface area contributed by atoms with Crippen molar-refractivity contribution in [3.8, 4) is 0 Å². The number of nitrogens with zero attached hydrogens (tertiary/aromatic N) is 1. The average molecular weight is 345 g/mol. The second kappa shape index (κ2) is 6.00. The van der Waals surface area contributed by atoms with Gasteiger partial charge in [-0.05, 0) is 65.3 Å². The van der Waals surface area contributed by atoms with E-state index in [1.807, 2.05) is 25.1 Å². The van der Waals surface area contributed by atoms with E-state index in [0.29, 0.717) is 0 Å². The first-order valence-electron chi connectivity index (χ1n) is 7.03. The third-order valence-electron chi connectivity index (χ3n) is 3.47. The van der Waals surface area contributed by atoms with Gasteiger partial charge in [-0.25, -0.2) is 0 Å². The highest BCUT2D eigenvalue weighted by Crippen LogP contribution is 2.28. The molecule has 0 aliphatic carbocycles. The molecular weight excluding hydrogens is 328 g/mol. The first-order valence-corrected chi connectivity index (χ1v) is 7.82. The molecule has 21 heavy (non-hydrogen) atoms. The van der Waals surface area contributed by atoms with Gasteiger partial charge in [0.1, 0.15) is 5.76 Å². The maximum Gasteiger partial charge on any atom is 0.169 e. The van der Waals surface area contributed by atoms with Crippen LogP contribution < -0.4 is 5.32 Å². The van der Waals surface area contributed by atoms with Gasteiger partial charge in [-0.3, -0.25) is 4.98 Å². The van der Waals surface area contributed by atoms with Crippen LogP contribution in [0, 0.1) is 6.92 Å². The van der Waals surface area contributed by atoms with E-state index in [4.69, 9.17) is 4.42 Å². The van der Waals surface area contributed by atoms with Crippen molar-refractivity contribution < 1.29 is 4.42 Å². The molecule has 0 saturated carbocycles. The lowest BCUT2D eigenvalue weighted by Crippen LogP contribution is -2.21. The van der Waals surface area contributed by atoms with Crippen LogP contribution in [0.15, 0.2) is 51.6 Å². The molecule has 1 aromatic carbocycles. The lowest BCUT2D eigenvalue weighted by atomic mass is 10.0. The summed E-state index contributed by atoms with van der Waals surface area (Å²) in [5, 5.41) is 4.61. The third kappa shape index (κ3) is 3.01. The first-order chi connectivity index (χ1) is 10.2. The fourth-order valence-corrected chi connectivity index (χ4v) is 2.81. The minimum absolute atomic E-state index is 0.0482. The summed E-state index contributed by atoms with van der Waals surface area (Å²) in [6.45, 7) is 4.97. The number of aromatic nitrogens is 1. The minimum Gasteiger partial charge on any atom is -0.452 e. The van der Waals surface area contributed by atoms with Gasteiger partial charge in [-0.2, -0.15) is 0 Å². The lowest BCUT2D eigenvalue weighted by Gasteiger charge is -2.16. The number of furan rings is 1. The molecule has 4 heteroatoms. The van der Waals surface area contributed by atoms with Crippen molar-refractivity contribution in [2.24, 2.45) is 0 Å². The number of hydrogen-bond donors (Lipinski definition) is 1. The molecule has 2 heterocycles. The van der Waals surface area contributed by atoms with Crippen LogP contribution >= 0.6 is 15.9 Å². The molecule has 0 amide bonds. The summed E-state index contributed by atoms with van der Waals surface area (Å²) in [6, 6.07) is 14.5. The average Bonchev–Trinajstić information content (AvgIpc) is 2.90. The Hall–Kier alpha value is -1.65. The Kier molecular flexibility index (Phi) is 4.08. The van der Waals surface area contributed by atoms with Crippen LogP contribution in [0.4, 0.5) is 0 Å². The van der Waals surface area contributed by atoms with E-state index in [1.165, 1.54) is 5.56 Å². The standard InChI is InChI=1S/C17H17BrN2O/c1-3-19-17(15-8-9-16(18)21-15)13-6-7-14-12(10-13)5-4-11(2)20-14/h4-10,17,19H,3H2,1-2H3. The topological polar surface area (TPSA) is 38.1 Å². The molecule has 0 fully saturated rings. The molecule has 0 aliphatic heterocycles. The van der Waals surface area contributed by atoms with E-state index in [0.717, 1.165) is 33.6 Å². The molecule has 0 radical (unpaired) electrons. The predicted molar refractivity (Wildman–Crippen MR) is 88.4 cm³/mol. The Morgan fingerprint density at radius 1 is 1.19 bits per heavy atom. The fourth-order valence-electron chi connectivity index (χ4n) is 2.50. The van der Waals surface area contributed by atoms with Gasteiger partial charge in [-0.1, -0.05) is 19.1 Å². The number of nitrogens with one attached hydrogen (secondary N) is 1. The van der Waals surface area contributed by atoms with Gasteiger partial charge < -0.3 is 9.73 Å². The van der Waals surface area contributed by atoms with Crippen LogP contribution in [0.2, 0.25) is 0 Å². The smallest absolute Gasteiger partial charge is 0.169 e. The lowest BCUT2D eigenvalue weighted by molar-refractivity contribution is 0.438. The Morgan fingerprint density at radius 2 is 2.05 bits per heavy atom. The van der Waals surface area contributed by atoms with Gasteiger partial charge in [0.25, 0.3) is 0 Å². The molecule has 0 saturated heterocycles. The molecule has 0 spiro atoms. The molecule has 0 bridgehead atoms. The summed E-state index contributed by atoms with van der Waals surface area (Å²) < 4.78 is 6.47. The van der Waals surface area contributed by atoms with Gasteiger partial charge in [0.05, 0.1) is 11.6 Å². The van der Waals surface area contributed by atoms with E-state index < -0.39 is 0 Å². The van der Waals surface area contributed by atoms with Crippen LogP contribution in [0.25, 0.3) is 10.9 Å². The number of hydrogen-bond acceptors (Lipinski definition) is 3. The number of rotatable bonds is 4. The van der Waals surface area contributed by atoms with Crippen LogP contribution in [0.5, 0.6) is 0 Å². The summed E-state index contributed by atoms with van der Waals surface area (Å²) in [5.41, 5.74) is 3.24. The number of pyridine rings is 1. The van der Waals surface area contributed by atoms with Crippen molar-refractivity contribution >= 4 is 26.8 Å². The highest BCUT2D eigenvalue weighted by atomic mass is 79.9. The molecular formula is C17H17BrN2O. The summed E-state index contributed by atoms with van der Waals surface area (Å²) in [6.07, 6.45) is 0. The second-order valence-corrected chi connectivity index (χ2v) is 5.82. The molecule has 1 atom stereocenters. The highest BCUT2D eigenvalue weighted by Gasteiger charge is 2.17. The third-order valence-corrected chi connectivity index (χ3v) is 3.90. The monoisotopic (exact) mass is 344 g/mol. The summed E-state index contributed by atoms with van der Waals surface area (Å²) in [7, 11) is 0. The summed E-state index contributed by atoms with van der Waals surface area (Å²) in [5.74, 6) is 0.906. The van der Waals surface area contributed by atoms with Gasteiger partial charge in [0.2, 0.25) is 0 Å². The fraction of sp³-hybridized carbons (Fsp3) is 0.235. The van der Waals surface area contributed by atoms with Crippen molar-refractivity contribution in [1.82, 2.24) is 10.3 Å². The maximum atomic E-state index is 5.72. The van der Waals surface area contributed by atoms with Crippen LogP contribution in [0.3, 0.4) is 0 Å². The zero-order valence-electron chi connectivity index (χ0n) is 12.1. The minimum atomic E-state index is 0.0482. The van der Waals surface area contributed by atoms with Crippen molar-refractivity contribution in [2.75, 3.05) is 6.54 Å². The van der Waals surface area contributed by atoms with E-state index in [1.54, 1.807) is 0 Å². The maximum absolute atomic E-state index is 5.72. The van der Waals surface area contributed by atoms with Crippen molar-refractivity contribution in [1.29, 1.82) is 0 Å². The zero-order chi connectivity index (χ0) is 14.8. The van der Waals surface area contributed by atoms with Gasteiger partial charge >= 0.3 is 0 Å². The first kappa shape index (κ1) is 14.3. The summed E-state index contributed by atoms with van der Waals surface area (Å²) >= 11 is 3.37. The van der Waals surface area contributed by atoms with Crippen molar-refractivity contribution in [3.63, 3.8) is 0 Å². The van der Waals surface area contributed by atoms with Crippen LogP contribution in [-0.4, -0.2) is 11.5 Å². The van der Waals surface area contributed by atoms with E-state index in [-0.39, 0.29) is 6.04 Å². The largest absolute Gasteiger partial charge is 0.452 e. The van der Waals surface area contributed by atoms with Crippen LogP contribution in [-0.2, 0) is 0 Å². The van der Waals surface area contributed by atoms with E-state index >= 15 is 0 Å². The predicted octanol–water partition coefficient (Wildman–Crippen LogP) is 4.60. The van der Waals surface area contributed by atoms with Gasteiger partial charge in [0, 0.05) is 11.1 Å². The van der Waals surface area contributed by atoms with Gasteiger partial charge in [-0.15, -0.1) is 0 Å². The molecule has 3 aromatic rings.